The number of hydrogen-bond acceptors (Lipinski definition) is 4. The van der Waals surface area contributed by atoms with E-state index in [4.69, 9.17) is 4.74 Å². The molecule has 1 aliphatic heterocycles. The van der Waals surface area contributed by atoms with Gasteiger partial charge < -0.3 is 10.1 Å². The number of hydrogen-bond donors (Lipinski definition) is 1. The predicted molar refractivity (Wildman–Crippen MR) is 63.2 cm³/mol. The van der Waals surface area contributed by atoms with Gasteiger partial charge in [0.15, 0.2) is 0 Å². The van der Waals surface area contributed by atoms with Crippen LogP contribution < -0.4 is 5.32 Å². The third kappa shape index (κ3) is 3.63. The smallest absolute Gasteiger partial charge is 0.231 e. The standard InChI is InChI=1S/C12H18FN3O/c1-12(2,5-9-3-4-17-8-9)16-11-7-14-10(13)6-15-11/h6-7,9H,3-5,8H2,1-2H3,(H,15,16). The summed E-state index contributed by atoms with van der Waals surface area (Å²) in [5.74, 6) is 0.638. The molecule has 1 N–H and O–H groups in total. The van der Waals surface area contributed by atoms with Crippen LogP contribution in [-0.4, -0.2) is 28.7 Å². The van der Waals surface area contributed by atoms with Crippen LogP contribution in [0.2, 0.25) is 0 Å². The minimum Gasteiger partial charge on any atom is -0.381 e. The van der Waals surface area contributed by atoms with Crippen molar-refractivity contribution in [2.45, 2.75) is 32.2 Å². The Morgan fingerprint density at radius 2 is 2.29 bits per heavy atom. The van der Waals surface area contributed by atoms with Gasteiger partial charge in [-0.25, -0.2) is 9.97 Å². The normalized spacial score (nSPS) is 20.5. The topological polar surface area (TPSA) is 47.0 Å². The lowest BCUT2D eigenvalue weighted by Gasteiger charge is -2.29. The van der Waals surface area contributed by atoms with E-state index in [-0.39, 0.29) is 5.54 Å². The monoisotopic (exact) mass is 239 g/mol. The van der Waals surface area contributed by atoms with Crippen molar-refractivity contribution in [3.63, 3.8) is 0 Å². The van der Waals surface area contributed by atoms with Crippen molar-refractivity contribution in [2.24, 2.45) is 5.92 Å². The van der Waals surface area contributed by atoms with Gasteiger partial charge in [0.05, 0.1) is 12.4 Å². The number of aromatic nitrogens is 2. The van der Waals surface area contributed by atoms with Gasteiger partial charge in [-0.3, -0.25) is 0 Å². The second kappa shape index (κ2) is 4.96. The average molecular weight is 239 g/mol. The summed E-state index contributed by atoms with van der Waals surface area (Å²) in [6.07, 6.45) is 4.66. The molecule has 1 aliphatic rings. The average Bonchev–Trinajstić information content (AvgIpc) is 2.73. The van der Waals surface area contributed by atoms with Gasteiger partial charge in [0, 0.05) is 18.8 Å². The van der Waals surface area contributed by atoms with Crippen molar-refractivity contribution >= 4 is 5.82 Å². The number of nitrogens with one attached hydrogen (secondary N) is 1. The van der Waals surface area contributed by atoms with Crippen LogP contribution in [0.25, 0.3) is 0 Å². The highest BCUT2D eigenvalue weighted by Gasteiger charge is 2.26. The molecular formula is C12H18FN3O. The molecule has 0 radical (unpaired) electrons. The molecule has 94 valence electrons. The van der Waals surface area contributed by atoms with Gasteiger partial charge in [-0.1, -0.05) is 0 Å². The van der Waals surface area contributed by atoms with Gasteiger partial charge in [-0.05, 0) is 32.6 Å². The molecule has 2 heterocycles. The van der Waals surface area contributed by atoms with Crippen LogP contribution in [-0.2, 0) is 4.74 Å². The Kier molecular flexibility index (Phi) is 3.57. The van der Waals surface area contributed by atoms with Crippen molar-refractivity contribution in [1.82, 2.24) is 9.97 Å². The fraction of sp³-hybridized carbons (Fsp3) is 0.667. The molecule has 1 saturated heterocycles. The maximum absolute atomic E-state index is 12.6. The second-order valence-corrected chi connectivity index (χ2v) is 5.17. The van der Waals surface area contributed by atoms with E-state index in [0.717, 1.165) is 32.3 Å². The molecule has 0 bridgehead atoms. The van der Waals surface area contributed by atoms with Crippen molar-refractivity contribution in [3.05, 3.63) is 18.3 Å². The summed E-state index contributed by atoms with van der Waals surface area (Å²) >= 11 is 0. The third-order valence-corrected chi connectivity index (χ3v) is 2.91. The van der Waals surface area contributed by atoms with Crippen LogP contribution >= 0.6 is 0 Å². The van der Waals surface area contributed by atoms with Gasteiger partial charge in [0.2, 0.25) is 5.95 Å². The number of anilines is 1. The number of rotatable bonds is 4. The van der Waals surface area contributed by atoms with Crippen LogP contribution in [0.3, 0.4) is 0 Å². The van der Waals surface area contributed by atoms with E-state index in [1.54, 1.807) is 0 Å². The summed E-state index contributed by atoms with van der Waals surface area (Å²) in [7, 11) is 0. The maximum Gasteiger partial charge on any atom is 0.231 e. The Bertz CT molecular complexity index is 361. The minimum atomic E-state index is -0.558. The molecule has 0 amide bonds. The first-order valence-electron chi connectivity index (χ1n) is 5.89. The van der Waals surface area contributed by atoms with Crippen LogP contribution in [0.15, 0.2) is 12.4 Å². The van der Waals surface area contributed by atoms with Crippen molar-refractivity contribution in [3.8, 4) is 0 Å². The molecule has 1 aromatic rings. The molecule has 5 heteroatoms. The largest absolute Gasteiger partial charge is 0.381 e. The summed E-state index contributed by atoms with van der Waals surface area (Å²) in [4.78, 5) is 7.54. The highest BCUT2D eigenvalue weighted by atomic mass is 19.1. The molecule has 0 spiro atoms. The molecule has 0 aromatic carbocycles. The van der Waals surface area contributed by atoms with Crippen molar-refractivity contribution < 1.29 is 9.13 Å². The van der Waals surface area contributed by atoms with E-state index in [2.05, 4.69) is 29.1 Å². The van der Waals surface area contributed by atoms with Gasteiger partial charge >= 0.3 is 0 Å². The summed E-state index contributed by atoms with van der Waals surface area (Å²) in [5, 5.41) is 3.28. The first kappa shape index (κ1) is 12.2. The Hall–Kier alpha value is -1.23. The number of halogens is 1. The molecule has 0 saturated carbocycles. The van der Waals surface area contributed by atoms with E-state index in [1.165, 1.54) is 6.20 Å². The minimum absolute atomic E-state index is 0.0924. The molecule has 1 atom stereocenters. The first-order chi connectivity index (χ1) is 8.05. The zero-order valence-corrected chi connectivity index (χ0v) is 10.2. The lowest BCUT2D eigenvalue weighted by atomic mass is 9.90. The highest BCUT2D eigenvalue weighted by Crippen LogP contribution is 2.26. The number of ether oxygens (including phenoxy) is 1. The van der Waals surface area contributed by atoms with Crippen molar-refractivity contribution in [1.29, 1.82) is 0 Å². The van der Waals surface area contributed by atoms with E-state index in [0.29, 0.717) is 11.7 Å². The fourth-order valence-corrected chi connectivity index (χ4v) is 2.24. The Morgan fingerprint density at radius 1 is 1.47 bits per heavy atom. The van der Waals surface area contributed by atoms with E-state index in [1.807, 2.05) is 0 Å². The van der Waals surface area contributed by atoms with E-state index in [9.17, 15) is 4.39 Å². The summed E-state index contributed by atoms with van der Waals surface area (Å²) < 4.78 is 18.0. The van der Waals surface area contributed by atoms with E-state index < -0.39 is 5.95 Å². The highest BCUT2D eigenvalue weighted by molar-refractivity contribution is 5.33. The quantitative estimate of drug-likeness (QED) is 0.875. The summed E-state index contributed by atoms with van der Waals surface area (Å²) in [6.45, 7) is 5.91. The second-order valence-electron chi connectivity index (χ2n) is 5.17. The number of nitrogens with zero attached hydrogens (tertiary/aromatic N) is 2. The summed E-state index contributed by atoms with van der Waals surface area (Å²) in [6, 6.07) is 0. The maximum atomic E-state index is 12.6. The Balaban J connectivity index is 1.93. The predicted octanol–water partition coefficient (Wildman–Crippen LogP) is 2.23. The third-order valence-electron chi connectivity index (χ3n) is 2.91. The molecule has 1 aromatic heterocycles. The Morgan fingerprint density at radius 3 is 2.88 bits per heavy atom. The molecule has 2 rings (SSSR count). The SMILES string of the molecule is CC(C)(CC1CCOC1)Nc1cnc(F)cn1. The molecule has 1 unspecified atom stereocenters. The summed E-state index contributed by atoms with van der Waals surface area (Å²) in [5.41, 5.74) is -0.0924. The van der Waals surface area contributed by atoms with Gasteiger partial charge in [0.1, 0.15) is 5.82 Å². The molecule has 17 heavy (non-hydrogen) atoms. The molecule has 4 nitrogen and oxygen atoms in total. The van der Waals surface area contributed by atoms with Crippen LogP contribution in [0.5, 0.6) is 0 Å². The fourth-order valence-electron chi connectivity index (χ4n) is 2.24. The lowest BCUT2D eigenvalue weighted by molar-refractivity contribution is 0.180. The van der Waals surface area contributed by atoms with E-state index >= 15 is 0 Å². The lowest BCUT2D eigenvalue weighted by Crippen LogP contribution is -2.34. The van der Waals surface area contributed by atoms with Gasteiger partial charge in [0.25, 0.3) is 0 Å². The molecular weight excluding hydrogens is 221 g/mol. The first-order valence-corrected chi connectivity index (χ1v) is 5.89. The van der Waals surface area contributed by atoms with Gasteiger partial charge in [-0.15, -0.1) is 0 Å². The zero-order valence-electron chi connectivity index (χ0n) is 10.2. The molecule has 1 fully saturated rings. The van der Waals surface area contributed by atoms with Gasteiger partial charge in [-0.2, -0.15) is 4.39 Å². The molecule has 0 aliphatic carbocycles. The Labute approximate surface area is 101 Å². The zero-order chi connectivity index (χ0) is 12.3. The van der Waals surface area contributed by atoms with Crippen molar-refractivity contribution in [2.75, 3.05) is 18.5 Å². The van der Waals surface area contributed by atoms with Crippen LogP contribution in [0, 0.1) is 11.9 Å². The van der Waals surface area contributed by atoms with Crippen LogP contribution in [0.1, 0.15) is 26.7 Å². The van der Waals surface area contributed by atoms with Crippen LogP contribution in [0.4, 0.5) is 10.2 Å².